The molecule has 1 heteroatoms. The lowest BCUT2D eigenvalue weighted by Gasteiger charge is -2.23. The van der Waals surface area contributed by atoms with Crippen LogP contribution in [-0.4, -0.2) is 11.4 Å². The maximum absolute atomic E-state index is 2.53. The first-order chi connectivity index (χ1) is 7.93. The highest BCUT2D eigenvalue weighted by atomic mass is 15.2. The smallest absolute Gasteiger partial charge is 0.0426 e. The van der Waals surface area contributed by atoms with E-state index in [1.54, 1.807) is 5.70 Å². The third-order valence-electron chi connectivity index (χ3n) is 3.57. The minimum Gasteiger partial charge on any atom is -0.370 e. The lowest BCUT2D eigenvalue weighted by Crippen LogP contribution is -2.18. The number of fused-ring (bicyclic) bond motifs is 1. The lowest BCUT2D eigenvalue weighted by molar-refractivity contribution is 0.381. The van der Waals surface area contributed by atoms with Gasteiger partial charge >= 0.3 is 0 Å². The molecule has 1 nitrogen and oxygen atoms in total. The van der Waals surface area contributed by atoms with Crippen LogP contribution in [0.4, 0.5) is 0 Å². The summed E-state index contributed by atoms with van der Waals surface area (Å²) < 4.78 is 0. The fourth-order valence-corrected chi connectivity index (χ4v) is 2.71. The maximum atomic E-state index is 2.53. The summed E-state index contributed by atoms with van der Waals surface area (Å²) in [5.41, 5.74) is 2.96. The van der Waals surface area contributed by atoms with Crippen LogP contribution < -0.4 is 0 Å². The van der Waals surface area contributed by atoms with Crippen molar-refractivity contribution in [2.24, 2.45) is 5.92 Å². The average molecular weight is 211 g/mol. The second-order valence-electron chi connectivity index (χ2n) is 4.65. The molecular formula is C15H17N. The molecule has 0 N–H and O–H groups in total. The zero-order valence-corrected chi connectivity index (χ0v) is 9.47. The Morgan fingerprint density at radius 2 is 2.06 bits per heavy atom. The summed E-state index contributed by atoms with van der Waals surface area (Å²) in [4.78, 5) is 2.53. The molecule has 1 unspecified atom stereocenters. The molecule has 16 heavy (non-hydrogen) atoms. The van der Waals surface area contributed by atoms with Crippen LogP contribution in [-0.2, 0) is 6.54 Å². The molecule has 0 aromatic heterocycles. The number of hydrogen-bond donors (Lipinski definition) is 0. The van der Waals surface area contributed by atoms with Gasteiger partial charge in [0.15, 0.2) is 0 Å². The van der Waals surface area contributed by atoms with Gasteiger partial charge in [-0.25, -0.2) is 0 Å². The van der Waals surface area contributed by atoms with E-state index in [9.17, 15) is 0 Å². The molecule has 0 radical (unpaired) electrons. The molecule has 2 aliphatic rings. The second kappa shape index (κ2) is 4.17. The quantitative estimate of drug-likeness (QED) is 0.725. The van der Waals surface area contributed by atoms with Crippen LogP contribution in [0.5, 0.6) is 0 Å². The standard InChI is InChI=1S/C15H17N/c1-2-6-13(7-3-1)12-16-11-10-14-8-4-5-9-15(14)16/h1-7,9,14H,8,10-12H2. The molecule has 1 saturated heterocycles. The van der Waals surface area contributed by atoms with Crippen LogP contribution in [0.15, 0.2) is 54.3 Å². The van der Waals surface area contributed by atoms with Gasteiger partial charge in [0.25, 0.3) is 0 Å². The van der Waals surface area contributed by atoms with Crippen LogP contribution >= 0.6 is 0 Å². The minimum atomic E-state index is 0.786. The van der Waals surface area contributed by atoms with Crippen LogP contribution in [0.3, 0.4) is 0 Å². The highest BCUT2D eigenvalue weighted by molar-refractivity contribution is 5.25. The first kappa shape index (κ1) is 9.71. The van der Waals surface area contributed by atoms with Crippen molar-refractivity contribution < 1.29 is 0 Å². The van der Waals surface area contributed by atoms with E-state index in [0.717, 1.165) is 12.5 Å². The largest absolute Gasteiger partial charge is 0.370 e. The van der Waals surface area contributed by atoms with Gasteiger partial charge in [0.1, 0.15) is 0 Å². The third kappa shape index (κ3) is 1.78. The van der Waals surface area contributed by atoms with Gasteiger partial charge in [0.2, 0.25) is 0 Å². The predicted octanol–water partition coefficient (Wildman–Crippen LogP) is 3.35. The number of benzene rings is 1. The highest BCUT2D eigenvalue weighted by Crippen LogP contribution is 2.34. The zero-order chi connectivity index (χ0) is 10.8. The summed E-state index contributed by atoms with van der Waals surface area (Å²) in [6.45, 7) is 2.28. The third-order valence-corrected chi connectivity index (χ3v) is 3.57. The summed E-state index contributed by atoms with van der Waals surface area (Å²) >= 11 is 0. The summed E-state index contributed by atoms with van der Waals surface area (Å²) in [7, 11) is 0. The molecule has 1 fully saturated rings. The number of hydrogen-bond acceptors (Lipinski definition) is 1. The molecule has 1 aromatic carbocycles. The summed E-state index contributed by atoms with van der Waals surface area (Å²) in [6.07, 6.45) is 9.35. The number of likely N-dealkylation sites (tertiary alicyclic amines) is 1. The zero-order valence-electron chi connectivity index (χ0n) is 9.47. The fourth-order valence-electron chi connectivity index (χ4n) is 2.71. The lowest BCUT2D eigenvalue weighted by atomic mass is 9.97. The molecule has 1 aliphatic carbocycles. The Morgan fingerprint density at radius 1 is 1.19 bits per heavy atom. The van der Waals surface area contributed by atoms with Crippen molar-refractivity contribution in [2.75, 3.05) is 6.54 Å². The van der Waals surface area contributed by atoms with Gasteiger partial charge in [0.05, 0.1) is 0 Å². The van der Waals surface area contributed by atoms with Gasteiger partial charge < -0.3 is 4.90 Å². The molecule has 1 atom stereocenters. The van der Waals surface area contributed by atoms with E-state index >= 15 is 0 Å². The van der Waals surface area contributed by atoms with Crippen molar-refractivity contribution in [3.63, 3.8) is 0 Å². The Labute approximate surface area is 97.1 Å². The van der Waals surface area contributed by atoms with E-state index in [0.29, 0.717) is 0 Å². The van der Waals surface area contributed by atoms with Crippen molar-refractivity contribution in [1.82, 2.24) is 4.90 Å². The van der Waals surface area contributed by atoms with Gasteiger partial charge in [-0.15, -0.1) is 0 Å². The van der Waals surface area contributed by atoms with Crippen molar-refractivity contribution in [3.8, 4) is 0 Å². The minimum absolute atomic E-state index is 0.786. The van der Waals surface area contributed by atoms with Gasteiger partial charge in [-0.1, -0.05) is 42.5 Å². The molecule has 1 aromatic rings. The van der Waals surface area contributed by atoms with E-state index in [1.807, 2.05) is 0 Å². The Balaban J connectivity index is 1.77. The van der Waals surface area contributed by atoms with Crippen LogP contribution in [0.2, 0.25) is 0 Å². The molecule has 0 amide bonds. The van der Waals surface area contributed by atoms with E-state index in [4.69, 9.17) is 0 Å². The van der Waals surface area contributed by atoms with Gasteiger partial charge in [0, 0.05) is 24.7 Å². The summed E-state index contributed by atoms with van der Waals surface area (Å²) in [5.74, 6) is 0.786. The molecule has 82 valence electrons. The Morgan fingerprint density at radius 3 is 2.94 bits per heavy atom. The number of allylic oxidation sites excluding steroid dienone is 4. The fraction of sp³-hybridized carbons (Fsp3) is 0.333. The van der Waals surface area contributed by atoms with E-state index in [2.05, 4.69) is 53.5 Å². The molecule has 0 bridgehead atoms. The number of rotatable bonds is 2. The molecule has 1 heterocycles. The van der Waals surface area contributed by atoms with E-state index < -0.39 is 0 Å². The van der Waals surface area contributed by atoms with Crippen LogP contribution in [0.1, 0.15) is 18.4 Å². The topological polar surface area (TPSA) is 3.24 Å². The van der Waals surface area contributed by atoms with Crippen molar-refractivity contribution in [1.29, 1.82) is 0 Å². The van der Waals surface area contributed by atoms with Crippen molar-refractivity contribution >= 4 is 0 Å². The van der Waals surface area contributed by atoms with E-state index in [-0.39, 0.29) is 0 Å². The van der Waals surface area contributed by atoms with Gasteiger partial charge in [-0.3, -0.25) is 0 Å². The summed E-state index contributed by atoms with van der Waals surface area (Å²) in [5, 5.41) is 0. The first-order valence-electron chi connectivity index (χ1n) is 6.09. The molecule has 0 spiro atoms. The Hall–Kier alpha value is -1.50. The molecule has 1 aliphatic heterocycles. The Bertz CT molecular complexity index is 416. The van der Waals surface area contributed by atoms with E-state index in [1.165, 1.54) is 24.9 Å². The average Bonchev–Trinajstić information content (AvgIpc) is 2.74. The summed E-state index contributed by atoms with van der Waals surface area (Å²) in [6, 6.07) is 10.8. The molecule has 0 saturated carbocycles. The maximum Gasteiger partial charge on any atom is 0.0426 e. The van der Waals surface area contributed by atoms with Crippen LogP contribution in [0, 0.1) is 5.92 Å². The SMILES string of the molecule is C1=CCC2CCN(Cc3ccccc3)C2=C1. The normalized spacial score (nSPS) is 23.1. The highest BCUT2D eigenvalue weighted by Gasteiger charge is 2.27. The Kier molecular flexibility index (Phi) is 2.53. The molecular weight excluding hydrogens is 194 g/mol. The van der Waals surface area contributed by atoms with Crippen LogP contribution in [0.25, 0.3) is 0 Å². The van der Waals surface area contributed by atoms with Gasteiger partial charge in [-0.2, -0.15) is 0 Å². The monoisotopic (exact) mass is 211 g/mol. The van der Waals surface area contributed by atoms with Crippen molar-refractivity contribution in [3.05, 3.63) is 59.8 Å². The van der Waals surface area contributed by atoms with Crippen molar-refractivity contribution in [2.45, 2.75) is 19.4 Å². The molecule has 3 rings (SSSR count). The second-order valence-corrected chi connectivity index (χ2v) is 4.65. The van der Waals surface area contributed by atoms with Gasteiger partial charge in [-0.05, 0) is 24.5 Å². The number of nitrogens with zero attached hydrogens (tertiary/aromatic N) is 1. The predicted molar refractivity (Wildman–Crippen MR) is 66.8 cm³/mol. The first-order valence-corrected chi connectivity index (χ1v) is 6.09.